The molecule has 1 fully saturated rings. The first-order chi connectivity index (χ1) is 10.8. The molecule has 1 amide bonds. The number of imidazole rings is 1. The average Bonchev–Trinajstić information content (AvgIpc) is 2.83. The van der Waals surface area contributed by atoms with E-state index in [1.165, 1.54) is 6.42 Å². The van der Waals surface area contributed by atoms with Crippen LogP contribution in [0.15, 0.2) is 12.1 Å². The quantitative estimate of drug-likeness (QED) is 0.772. The summed E-state index contributed by atoms with van der Waals surface area (Å²) >= 11 is 12.0. The second kappa shape index (κ2) is 5.99. The summed E-state index contributed by atoms with van der Waals surface area (Å²) in [5.74, 6) is 0.823. The van der Waals surface area contributed by atoms with Crippen LogP contribution in [0.5, 0.6) is 0 Å². The van der Waals surface area contributed by atoms with Gasteiger partial charge in [0.15, 0.2) is 0 Å². The van der Waals surface area contributed by atoms with Crippen LogP contribution < -0.4 is 5.32 Å². The Balaban J connectivity index is 1.80. The molecule has 2 N–H and O–H groups in total. The van der Waals surface area contributed by atoms with Crippen LogP contribution in [0.1, 0.15) is 40.0 Å². The molecule has 1 heterocycles. The lowest BCUT2D eigenvalue weighted by Crippen LogP contribution is -2.39. The molecule has 124 valence electrons. The van der Waals surface area contributed by atoms with Crippen molar-refractivity contribution in [1.29, 1.82) is 0 Å². The zero-order chi connectivity index (χ0) is 16.8. The first-order valence-electron chi connectivity index (χ1n) is 7.93. The average molecular weight is 354 g/mol. The van der Waals surface area contributed by atoms with Crippen LogP contribution in [-0.4, -0.2) is 15.9 Å². The smallest absolute Gasteiger partial charge is 0.230 e. The third kappa shape index (κ3) is 3.20. The number of benzene rings is 1. The monoisotopic (exact) mass is 353 g/mol. The minimum absolute atomic E-state index is 0.0131. The number of nitrogens with one attached hydrogen (secondary N) is 2. The van der Waals surface area contributed by atoms with Crippen molar-refractivity contribution in [2.75, 3.05) is 5.32 Å². The summed E-state index contributed by atoms with van der Waals surface area (Å²) in [6, 6.07) is 3.41. The van der Waals surface area contributed by atoms with E-state index in [4.69, 9.17) is 23.2 Å². The predicted octanol–water partition coefficient (Wildman–Crippen LogP) is 5.27. The van der Waals surface area contributed by atoms with E-state index in [0.29, 0.717) is 27.4 Å². The van der Waals surface area contributed by atoms with Gasteiger partial charge in [0, 0.05) is 5.92 Å². The SMILES string of the molecule is CC1C(C(=O)Nc2nc3cc(Cl)c(Cl)cc3[nH]2)CCCC1(C)C. The lowest BCUT2D eigenvalue weighted by molar-refractivity contribution is -0.124. The minimum Gasteiger partial charge on any atom is -0.324 e. The maximum absolute atomic E-state index is 12.7. The van der Waals surface area contributed by atoms with Crippen molar-refractivity contribution >= 4 is 46.1 Å². The number of rotatable bonds is 2. The number of carbonyl (C=O) groups is 1. The van der Waals surface area contributed by atoms with Crippen molar-refractivity contribution in [2.24, 2.45) is 17.3 Å². The molecular formula is C17H21Cl2N3O. The second-order valence-electron chi connectivity index (χ2n) is 7.13. The predicted molar refractivity (Wildman–Crippen MR) is 95.0 cm³/mol. The summed E-state index contributed by atoms with van der Waals surface area (Å²) in [5, 5.41) is 3.83. The van der Waals surface area contributed by atoms with Gasteiger partial charge in [0.25, 0.3) is 0 Å². The molecule has 4 nitrogen and oxygen atoms in total. The third-order valence-corrected chi connectivity index (χ3v) is 6.00. The Labute approximate surface area is 146 Å². The molecule has 0 saturated heterocycles. The standard InChI is InChI=1S/C17H21Cl2N3O/c1-9-10(5-4-6-17(9,2)3)15(23)22-16-20-13-7-11(18)12(19)8-14(13)21-16/h7-10H,4-6H2,1-3H3,(H2,20,21,22,23). The molecule has 2 aromatic rings. The first-order valence-corrected chi connectivity index (χ1v) is 8.69. The molecular weight excluding hydrogens is 333 g/mol. The van der Waals surface area contributed by atoms with Gasteiger partial charge < -0.3 is 4.98 Å². The third-order valence-electron chi connectivity index (χ3n) is 5.27. The Morgan fingerprint density at radius 3 is 2.78 bits per heavy atom. The first kappa shape index (κ1) is 16.6. The van der Waals surface area contributed by atoms with Gasteiger partial charge in [-0.05, 0) is 36.3 Å². The van der Waals surface area contributed by atoms with Gasteiger partial charge in [-0.2, -0.15) is 0 Å². The lowest BCUT2D eigenvalue weighted by atomic mass is 9.64. The highest BCUT2D eigenvalue weighted by molar-refractivity contribution is 6.42. The molecule has 0 radical (unpaired) electrons. The fraction of sp³-hybridized carbons (Fsp3) is 0.529. The summed E-state index contributed by atoms with van der Waals surface area (Å²) in [6.07, 6.45) is 3.18. The molecule has 2 unspecified atom stereocenters. The van der Waals surface area contributed by atoms with Gasteiger partial charge in [0.05, 0.1) is 21.1 Å². The Kier molecular flexibility index (Phi) is 4.32. The number of carbonyl (C=O) groups excluding carboxylic acids is 1. The van der Waals surface area contributed by atoms with Crippen LogP contribution in [0.3, 0.4) is 0 Å². The van der Waals surface area contributed by atoms with Crippen LogP contribution in [-0.2, 0) is 4.79 Å². The number of aromatic nitrogens is 2. The fourth-order valence-corrected chi connectivity index (χ4v) is 3.75. The molecule has 1 aromatic heterocycles. The topological polar surface area (TPSA) is 57.8 Å². The zero-order valence-corrected chi connectivity index (χ0v) is 15.1. The molecule has 2 atom stereocenters. The summed E-state index contributed by atoms with van der Waals surface area (Å²) in [7, 11) is 0. The minimum atomic E-state index is 0.0131. The molecule has 0 aliphatic heterocycles. The largest absolute Gasteiger partial charge is 0.324 e. The molecule has 1 aliphatic carbocycles. The summed E-state index contributed by atoms with van der Waals surface area (Å²) in [5.41, 5.74) is 1.63. The molecule has 0 bridgehead atoms. The number of hydrogen-bond donors (Lipinski definition) is 2. The van der Waals surface area contributed by atoms with Crippen molar-refractivity contribution in [1.82, 2.24) is 9.97 Å². The molecule has 1 saturated carbocycles. The molecule has 1 aliphatic rings. The molecule has 3 rings (SSSR count). The van der Waals surface area contributed by atoms with E-state index < -0.39 is 0 Å². The van der Waals surface area contributed by atoms with Gasteiger partial charge in [0.2, 0.25) is 11.9 Å². The van der Waals surface area contributed by atoms with Gasteiger partial charge in [-0.1, -0.05) is 50.4 Å². The van der Waals surface area contributed by atoms with Crippen molar-refractivity contribution in [3.05, 3.63) is 22.2 Å². The van der Waals surface area contributed by atoms with Crippen LogP contribution in [0, 0.1) is 17.3 Å². The Hall–Kier alpha value is -1.26. The summed E-state index contributed by atoms with van der Waals surface area (Å²) in [6.45, 7) is 6.65. The number of hydrogen-bond acceptors (Lipinski definition) is 2. The zero-order valence-electron chi connectivity index (χ0n) is 13.5. The maximum Gasteiger partial charge on any atom is 0.230 e. The number of fused-ring (bicyclic) bond motifs is 1. The molecule has 6 heteroatoms. The normalized spacial score (nSPS) is 23.9. The number of halogens is 2. The summed E-state index contributed by atoms with van der Waals surface area (Å²) < 4.78 is 0. The van der Waals surface area contributed by atoms with E-state index >= 15 is 0 Å². The van der Waals surface area contributed by atoms with E-state index in [1.54, 1.807) is 12.1 Å². The van der Waals surface area contributed by atoms with Crippen LogP contribution in [0.25, 0.3) is 11.0 Å². The van der Waals surface area contributed by atoms with Crippen molar-refractivity contribution in [2.45, 2.75) is 40.0 Å². The van der Waals surface area contributed by atoms with Gasteiger partial charge in [0.1, 0.15) is 0 Å². The van der Waals surface area contributed by atoms with Gasteiger partial charge in [-0.3, -0.25) is 10.1 Å². The van der Waals surface area contributed by atoms with Crippen LogP contribution in [0.2, 0.25) is 10.0 Å². The maximum atomic E-state index is 12.7. The van der Waals surface area contributed by atoms with Gasteiger partial charge in [-0.25, -0.2) is 4.98 Å². The second-order valence-corrected chi connectivity index (χ2v) is 7.95. The molecule has 0 spiro atoms. The highest BCUT2D eigenvalue weighted by Gasteiger charge is 2.39. The molecule has 1 aromatic carbocycles. The summed E-state index contributed by atoms with van der Waals surface area (Å²) in [4.78, 5) is 20.1. The Morgan fingerprint density at radius 2 is 2.04 bits per heavy atom. The number of nitrogens with zero attached hydrogens (tertiary/aromatic N) is 1. The van der Waals surface area contributed by atoms with Crippen molar-refractivity contribution in [3.63, 3.8) is 0 Å². The Bertz CT molecular complexity index is 715. The number of aromatic amines is 1. The number of anilines is 1. The highest BCUT2D eigenvalue weighted by atomic mass is 35.5. The van der Waals surface area contributed by atoms with E-state index in [2.05, 4.69) is 36.1 Å². The van der Waals surface area contributed by atoms with Crippen LogP contribution >= 0.6 is 23.2 Å². The van der Waals surface area contributed by atoms with Gasteiger partial charge >= 0.3 is 0 Å². The number of amides is 1. The number of H-pyrrole nitrogens is 1. The van der Waals surface area contributed by atoms with Gasteiger partial charge in [-0.15, -0.1) is 0 Å². The molecule has 23 heavy (non-hydrogen) atoms. The van der Waals surface area contributed by atoms with Crippen LogP contribution in [0.4, 0.5) is 5.95 Å². The Morgan fingerprint density at radius 1 is 1.35 bits per heavy atom. The van der Waals surface area contributed by atoms with E-state index in [1.807, 2.05) is 0 Å². The van der Waals surface area contributed by atoms with Crippen molar-refractivity contribution < 1.29 is 4.79 Å². The highest BCUT2D eigenvalue weighted by Crippen LogP contribution is 2.44. The lowest BCUT2D eigenvalue weighted by Gasteiger charge is -2.41. The van der Waals surface area contributed by atoms with Crippen molar-refractivity contribution in [3.8, 4) is 0 Å². The van der Waals surface area contributed by atoms with E-state index in [9.17, 15) is 4.79 Å². The van der Waals surface area contributed by atoms with E-state index in [-0.39, 0.29) is 17.2 Å². The fourth-order valence-electron chi connectivity index (χ4n) is 3.43. The van der Waals surface area contributed by atoms with E-state index in [0.717, 1.165) is 18.4 Å².